The molecule has 0 saturated carbocycles. The first-order valence-electron chi connectivity index (χ1n) is 8.97. The molecule has 3 aromatic carbocycles. The van der Waals surface area contributed by atoms with E-state index in [2.05, 4.69) is 0 Å². The van der Waals surface area contributed by atoms with E-state index in [0.29, 0.717) is 27.6 Å². The van der Waals surface area contributed by atoms with Crippen LogP contribution >= 0.6 is 11.6 Å². The fraction of sp³-hybridized carbons (Fsp3) is 0.0417. The Kier molecular flexibility index (Phi) is 5.45. The number of Topliss-reactive ketones (excluding diaryl/α,β-unsaturated/α-hetero) is 1. The van der Waals surface area contributed by atoms with Gasteiger partial charge in [-0.3, -0.25) is 4.79 Å². The summed E-state index contributed by atoms with van der Waals surface area (Å²) in [7, 11) is 0. The summed E-state index contributed by atoms with van der Waals surface area (Å²) in [6, 6.07) is 18.9. The normalized spacial score (nSPS) is 14.3. The first kappa shape index (κ1) is 19.0. The Morgan fingerprint density at radius 2 is 1.86 bits per heavy atom. The number of halogens is 2. The molecule has 0 amide bonds. The second kappa shape index (κ2) is 8.33. The summed E-state index contributed by atoms with van der Waals surface area (Å²) in [6.07, 6.45) is 5.32. The van der Waals surface area contributed by atoms with Gasteiger partial charge in [-0.25, -0.2) is 4.39 Å². The molecular weight excluding hydrogens is 391 g/mol. The zero-order valence-electron chi connectivity index (χ0n) is 15.3. The number of fused-ring (bicyclic) bond motifs is 1. The quantitative estimate of drug-likeness (QED) is 0.471. The van der Waals surface area contributed by atoms with Crippen LogP contribution in [-0.4, -0.2) is 5.78 Å². The number of rotatable bonds is 5. The Balaban J connectivity index is 1.45. The molecule has 0 N–H and O–H groups in total. The van der Waals surface area contributed by atoms with Crippen molar-refractivity contribution in [1.82, 2.24) is 0 Å². The van der Waals surface area contributed by atoms with Crippen molar-refractivity contribution in [3.05, 3.63) is 112 Å². The summed E-state index contributed by atoms with van der Waals surface area (Å²) in [4.78, 5) is 12.5. The van der Waals surface area contributed by atoms with Crippen molar-refractivity contribution >= 4 is 23.5 Å². The Bertz CT molecular complexity index is 1120. The third kappa shape index (κ3) is 4.39. The van der Waals surface area contributed by atoms with Gasteiger partial charge in [0.05, 0.1) is 10.6 Å². The molecule has 5 heteroatoms. The fourth-order valence-electron chi connectivity index (χ4n) is 2.88. The van der Waals surface area contributed by atoms with Crippen molar-refractivity contribution in [2.75, 3.05) is 0 Å². The summed E-state index contributed by atoms with van der Waals surface area (Å²) >= 11 is 6.02. The molecule has 0 spiro atoms. The van der Waals surface area contributed by atoms with Crippen molar-refractivity contribution in [3.8, 4) is 11.5 Å². The van der Waals surface area contributed by atoms with E-state index in [9.17, 15) is 9.18 Å². The number of carbonyl (C=O) groups is 1. The lowest BCUT2D eigenvalue weighted by atomic mass is 10.1. The zero-order valence-corrected chi connectivity index (χ0v) is 16.0. The van der Waals surface area contributed by atoms with Crippen LogP contribution < -0.4 is 9.47 Å². The van der Waals surface area contributed by atoms with Gasteiger partial charge in [0, 0.05) is 11.6 Å². The van der Waals surface area contributed by atoms with Gasteiger partial charge >= 0.3 is 0 Å². The highest BCUT2D eigenvalue weighted by molar-refractivity contribution is 6.31. The number of hydrogen-bond donors (Lipinski definition) is 0. The Morgan fingerprint density at radius 3 is 2.66 bits per heavy atom. The zero-order chi connectivity index (χ0) is 20.2. The van der Waals surface area contributed by atoms with Crippen molar-refractivity contribution < 1.29 is 18.7 Å². The highest BCUT2D eigenvalue weighted by Gasteiger charge is 2.27. The van der Waals surface area contributed by atoms with Gasteiger partial charge < -0.3 is 9.47 Å². The minimum Gasteiger partial charge on any atom is -0.489 e. The van der Waals surface area contributed by atoms with Gasteiger partial charge in [-0.05, 0) is 35.9 Å². The van der Waals surface area contributed by atoms with E-state index in [-0.39, 0.29) is 18.1 Å². The van der Waals surface area contributed by atoms with E-state index < -0.39 is 5.82 Å². The van der Waals surface area contributed by atoms with Gasteiger partial charge in [0.15, 0.2) is 5.76 Å². The van der Waals surface area contributed by atoms with Crippen LogP contribution in [0, 0.1) is 5.82 Å². The first-order valence-corrected chi connectivity index (χ1v) is 9.35. The van der Waals surface area contributed by atoms with Crippen LogP contribution in [0.3, 0.4) is 0 Å². The molecule has 0 bridgehead atoms. The number of hydrogen-bond acceptors (Lipinski definition) is 3. The van der Waals surface area contributed by atoms with E-state index in [0.717, 1.165) is 5.56 Å². The molecule has 3 aromatic rings. The van der Waals surface area contributed by atoms with Gasteiger partial charge in [-0.15, -0.1) is 0 Å². The minimum atomic E-state index is -0.399. The number of allylic oxidation sites excluding steroid dienone is 3. The molecule has 144 valence electrons. The molecule has 0 aliphatic carbocycles. The molecule has 0 saturated heterocycles. The predicted octanol–water partition coefficient (Wildman–Crippen LogP) is 6.23. The van der Waals surface area contributed by atoms with Crippen LogP contribution in [0.2, 0.25) is 5.02 Å². The number of benzene rings is 3. The minimum absolute atomic E-state index is 0.175. The summed E-state index contributed by atoms with van der Waals surface area (Å²) in [5.41, 5.74) is 2.18. The summed E-state index contributed by atoms with van der Waals surface area (Å²) < 4.78 is 24.5. The van der Waals surface area contributed by atoms with E-state index in [1.165, 1.54) is 12.1 Å². The second-order valence-corrected chi connectivity index (χ2v) is 6.82. The lowest BCUT2D eigenvalue weighted by molar-refractivity contribution is 0.101. The molecule has 1 aliphatic rings. The Hall–Kier alpha value is -3.37. The molecule has 4 rings (SSSR count). The Morgan fingerprint density at radius 1 is 1.03 bits per heavy atom. The van der Waals surface area contributed by atoms with Crippen LogP contribution in [0.25, 0.3) is 6.08 Å². The molecule has 0 aromatic heterocycles. The molecule has 0 radical (unpaired) electrons. The molecular formula is C24H16ClFO3. The average molecular weight is 407 g/mol. The predicted molar refractivity (Wildman–Crippen MR) is 111 cm³/mol. The van der Waals surface area contributed by atoms with Crippen molar-refractivity contribution in [2.45, 2.75) is 6.61 Å². The smallest absolute Gasteiger partial charge is 0.231 e. The largest absolute Gasteiger partial charge is 0.489 e. The average Bonchev–Trinajstić information content (AvgIpc) is 3.03. The Labute approximate surface area is 172 Å². The highest BCUT2D eigenvalue weighted by atomic mass is 35.5. The van der Waals surface area contributed by atoms with Crippen molar-refractivity contribution in [3.63, 3.8) is 0 Å². The lowest BCUT2D eigenvalue weighted by Crippen LogP contribution is -1.97. The molecule has 29 heavy (non-hydrogen) atoms. The number of ether oxygens (including phenoxy) is 2. The summed E-state index contributed by atoms with van der Waals surface area (Å²) in [6.45, 7) is 0.175. The van der Waals surface area contributed by atoms with Crippen LogP contribution in [0.5, 0.6) is 11.5 Å². The van der Waals surface area contributed by atoms with Gasteiger partial charge in [0.1, 0.15) is 23.9 Å². The molecule has 0 unspecified atom stereocenters. The standard InChI is InChI=1S/C24H16ClFO3/c25-21-13-18(26)10-9-17(21)15-28-19-11-12-20-23(14-19)29-22(24(20)27)8-4-7-16-5-2-1-3-6-16/h1-14H,15H2. The molecule has 1 heterocycles. The van der Waals surface area contributed by atoms with Crippen LogP contribution in [0.1, 0.15) is 21.5 Å². The third-order valence-corrected chi connectivity index (χ3v) is 4.74. The second-order valence-electron chi connectivity index (χ2n) is 6.41. The topological polar surface area (TPSA) is 35.5 Å². The highest BCUT2D eigenvalue weighted by Crippen LogP contribution is 2.34. The van der Waals surface area contributed by atoms with Crippen molar-refractivity contribution in [2.24, 2.45) is 0 Å². The maximum Gasteiger partial charge on any atom is 0.231 e. The maximum atomic E-state index is 13.1. The molecule has 1 aliphatic heterocycles. The van der Waals surface area contributed by atoms with E-state index in [1.54, 1.807) is 36.4 Å². The van der Waals surface area contributed by atoms with Crippen LogP contribution in [-0.2, 0) is 6.61 Å². The van der Waals surface area contributed by atoms with Crippen molar-refractivity contribution in [1.29, 1.82) is 0 Å². The van der Waals surface area contributed by atoms with E-state index in [4.69, 9.17) is 21.1 Å². The number of ketones is 1. The monoisotopic (exact) mass is 406 g/mol. The lowest BCUT2D eigenvalue weighted by Gasteiger charge is -2.08. The number of carbonyl (C=O) groups excluding carboxylic acids is 1. The van der Waals surface area contributed by atoms with Crippen LogP contribution in [0.15, 0.2) is 84.6 Å². The van der Waals surface area contributed by atoms with Gasteiger partial charge in [0.2, 0.25) is 5.78 Å². The maximum absolute atomic E-state index is 13.1. The molecule has 0 fully saturated rings. The van der Waals surface area contributed by atoms with E-state index in [1.807, 2.05) is 36.4 Å². The van der Waals surface area contributed by atoms with Gasteiger partial charge in [-0.2, -0.15) is 0 Å². The van der Waals surface area contributed by atoms with E-state index >= 15 is 0 Å². The SMILES string of the molecule is O=C1C(=CC=Cc2ccccc2)Oc2cc(OCc3ccc(F)cc3Cl)ccc21. The fourth-order valence-corrected chi connectivity index (χ4v) is 3.10. The molecule has 3 nitrogen and oxygen atoms in total. The summed E-state index contributed by atoms with van der Waals surface area (Å²) in [5, 5.41) is 0.299. The van der Waals surface area contributed by atoms with Gasteiger partial charge in [0.25, 0.3) is 0 Å². The van der Waals surface area contributed by atoms with Gasteiger partial charge in [-0.1, -0.05) is 60.2 Å². The molecule has 0 atom stereocenters. The third-order valence-electron chi connectivity index (χ3n) is 4.39. The first-order chi connectivity index (χ1) is 14.1. The van der Waals surface area contributed by atoms with Crippen LogP contribution in [0.4, 0.5) is 4.39 Å². The summed E-state index contributed by atoms with van der Waals surface area (Å²) in [5.74, 6) is 0.649.